The van der Waals surface area contributed by atoms with E-state index in [0.29, 0.717) is 24.2 Å². The Morgan fingerprint density at radius 1 is 1.47 bits per heavy atom. The summed E-state index contributed by atoms with van der Waals surface area (Å²) >= 11 is 0. The summed E-state index contributed by atoms with van der Waals surface area (Å²) in [6.45, 7) is 0.591. The van der Waals surface area contributed by atoms with Crippen molar-refractivity contribution in [3.05, 3.63) is 35.3 Å². The second-order valence-corrected chi connectivity index (χ2v) is 4.15. The number of benzene rings is 1. The lowest BCUT2D eigenvalue weighted by Gasteiger charge is -2.20. The van der Waals surface area contributed by atoms with Crippen molar-refractivity contribution in [2.45, 2.75) is 12.5 Å². The van der Waals surface area contributed by atoms with E-state index < -0.39 is 12.0 Å². The molecule has 0 amide bonds. The molecule has 0 bridgehead atoms. The highest BCUT2D eigenvalue weighted by Gasteiger charge is 2.29. The Labute approximate surface area is 96.4 Å². The zero-order chi connectivity index (χ0) is 12.0. The third kappa shape index (κ3) is 1.43. The van der Waals surface area contributed by atoms with Gasteiger partial charge in [-0.2, -0.15) is 0 Å². The Balaban J connectivity index is 2.28. The fourth-order valence-electron chi connectivity index (χ4n) is 2.43. The molecule has 1 aliphatic rings. The van der Waals surface area contributed by atoms with Gasteiger partial charge in [0.05, 0.1) is 5.52 Å². The van der Waals surface area contributed by atoms with Crippen molar-refractivity contribution >= 4 is 16.9 Å². The van der Waals surface area contributed by atoms with Crippen LogP contribution in [0, 0.1) is 5.82 Å². The first-order chi connectivity index (χ1) is 8.18. The fraction of sp³-hybridized carbons (Fsp3) is 0.250. The van der Waals surface area contributed by atoms with Gasteiger partial charge in [-0.25, -0.2) is 4.39 Å². The molecule has 0 saturated carbocycles. The smallest absolute Gasteiger partial charge is 0.326 e. The van der Waals surface area contributed by atoms with Crippen molar-refractivity contribution in [3.8, 4) is 0 Å². The summed E-state index contributed by atoms with van der Waals surface area (Å²) in [6.07, 6.45) is 0.711. The molecule has 1 aromatic heterocycles. The van der Waals surface area contributed by atoms with Gasteiger partial charge in [0.1, 0.15) is 11.9 Å². The summed E-state index contributed by atoms with van der Waals surface area (Å²) in [5.41, 5.74) is 1.88. The maximum absolute atomic E-state index is 13.6. The Bertz CT molecular complexity index is 606. The topological polar surface area (TPSA) is 65.1 Å². The average Bonchev–Trinajstić information content (AvgIpc) is 2.69. The van der Waals surface area contributed by atoms with Gasteiger partial charge in [-0.05, 0) is 18.1 Å². The number of fused-ring (bicyclic) bond motifs is 3. The van der Waals surface area contributed by atoms with Crippen LogP contribution in [-0.2, 0) is 11.2 Å². The minimum absolute atomic E-state index is 0.346. The number of aromatic nitrogens is 1. The van der Waals surface area contributed by atoms with Crippen molar-refractivity contribution in [1.82, 2.24) is 10.3 Å². The zero-order valence-corrected chi connectivity index (χ0v) is 8.96. The second-order valence-electron chi connectivity index (χ2n) is 4.15. The van der Waals surface area contributed by atoms with Crippen molar-refractivity contribution < 1.29 is 14.3 Å². The quantitative estimate of drug-likeness (QED) is 0.701. The molecule has 17 heavy (non-hydrogen) atoms. The number of rotatable bonds is 1. The molecule has 3 N–H and O–H groups in total. The van der Waals surface area contributed by atoms with Crippen molar-refractivity contribution in [1.29, 1.82) is 0 Å². The number of hydrogen-bond donors (Lipinski definition) is 3. The van der Waals surface area contributed by atoms with E-state index in [9.17, 15) is 9.18 Å². The monoisotopic (exact) mass is 234 g/mol. The van der Waals surface area contributed by atoms with Gasteiger partial charge in [-0.1, -0.05) is 12.1 Å². The Morgan fingerprint density at radius 3 is 3.06 bits per heavy atom. The predicted molar refractivity (Wildman–Crippen MR) is 60.3 cm³/mol. The fourth-order valence-corrected chi connectivity index (χ4v) is 2.43. The Morgan fingerprint density at radius 2 is 2.29 bits per heavy atom. The lowest BCUT2D eigenvalue weighted by atomic mass is 9.99. The Kier molecular flexibility index (Phi) is 2.16. The van der Waals surface area contributed by atoms with E-state index in [4.69, 9.17) is 5.11 Å². The second kappa shape index (κ2) is 3.56. The number of aliphatic carboxylic acids is 1. The van der Waals surface area contributed by atoms with Gasteiger partial charge >= 0.3 is 5.97 Å². The van der Waals surface area contributed by atoms with Crippen LogP contribution >= 0.6 is 0 Å². The van der Waals surface area contributed by atoms with Crippen LogP contribution in [0.1, 0.15) is 17.3 Å². The molecular formula is C12H11FN2O2. The van der Waals surface area contributed by atoms with Crippen LogP contribution in [0.5, 0.6) is 0 Å². The number of nitrogens with one attached hydrogen (secondary N) is 2. The number of H-pyrrole nitrogens is 1. The normalized spacial score (nSPS) is 19.2. The molecule has 5 heteroatoms. The number of carbonyl (C=O) groups is 1. The van der Waals surface area contributed by atoms with E-state index in [1.165, 1.54) is 6.07 Å². The maximum atomic E-state index is 13.6. The van der Waals surface area contributed by atoms with Crippen LogP contribution in [-0.4, -0.2) is 22.6 Å². The molecule has 1 aromatic carbocycles. The maximum Gasteiger partial charge on any atom is 0.326 e. The van der Waals surface area contributed by atoms with Gasteiger partial charge in [0, 0.05) is 17.6 Å². The molecule has 2 aromatic rings. The molecule has 0 fully saturated rings. The lowest BCUT2D eigenvalue weighted by molar-refractivity contribution is -0.139. The minimum atomic E-state index is -0.946. The summed E-state index contributed by atoms with van der Waals surface area (Å²) in [5, 5.41) is 12.8. The number of aromatic amines is 1. The van der Waals surface area contributed by atoms with Crippen LogP contribution in [0.4, 0.5) is 4.39 Å². The van der Waals surface area contributed by atoms with Crippen LogP contribution in [0.25, 0.3) is 10.9 Å². The van der Waals surface area contributed by atoms with Crippen LogP contribution in [0.2, 0.25) is 0 Å². The molecule has 3 rings (SSSR count). The first-order valence-electron chi connectivity index (χ1n) is 5.43. The number of para-hydroxylation sites is 1. The first-order valence-corrected chi connectivity index (χ1v) is 5.43. The van der Waals surface area contributed by atoms with E-state index >= 15 is 0 Å². The van der Waals surface area contributed by atoms with Gasteiger partial charge in [0.15, 0.2) is 0 Å². The molecule has 2 heterocycles. The molecule has 0 radical (unpaired) electrons. The van der Waals surface area contributed by atoms with Crippen LogP contribution in [0.3, 0.4) is 0 Å². The van der Waals surface area contributed by atoms with E-state index in [-0.39, 0.29) is 5.82 Å². The van der Waals surface area contributed by atoms with Gasteiger partial charge in [-0.15, -0.1) is 0 Å². The molecule has 1 aliphatic heterocycles. The largest absolute Gasteiger partial charge is 0.480 e. The van der Waals surface area contributed by atoms with Gasteiger partial charge < -0.3 is 10.1 Å². The van der Waals surface area contributed by atoms with Gasteiger partial charge in [0.2, 0.25) is 0 Å². The van der Waals surface area contributed by atoms with Gasteiger partial charge in [-0.3, -0.25) is 10.1 Å². The van der Waals surface area contributed by atoms with Crippen molar-refractivity contribution in [2.24, 2.45) is 0 Å². The van der Waals surface area contributed by atoms with E-state index in [2.05, 4.69) is 10.3 Å². The van der Waals surface area contributed by atoms with Crippen molar-refractivity contribution in [2.75, 3.05) is 6.54 Å². The third-order valence-corrected chi connectivity index (χ3v) is 3.18. The lowest BCUT2D eigenvalue weighted by Crippen LogP contribution is -2.34. The highest BCUT2D eigenvalue weighted by Crippen LogP contribution is 2.31. The SMILES string of the molecule is O=C(O)C1NCCc2c1[nH]c1c(F)cccc21. The summed E-state index contributed by atoms with van der Waals surface area (Å²) in [5.74, 6) is -1.29. The number of carboxylic acid groups (broad SMARTS) is 1. The highest BCUT2D eigenvalue weighted by atomic mass is 19.1. The van der Waals surface area contributed by atoms with Crippen LogP contribution in [0.15, 0.2) is 18.2 Å². The first kappa shape index (κ1) is 10.3. The molecule has 0 aliphatic carbocycles. The van der Waals surface area contributed by atoms with E-state index in [1.54, 1.807) is 6.07 Å². The van der Waals surface area contributed by atoms with Gasteiger partial charge in [0.25, 0.3) is 0 Å². The molecule has 0 saturated heterocycles. The number of carboxylic acids is 1. The summed E-state index contributed by atoms with van der Waals surface area (Å²) < 4.78 is 13.6. The molecule has 0 spiro atoms. The molecule has 1 unspecified atom stereocenters. The molecule has 88 valence electrons. The van der Waals surface area contributed by atoms with E-state index in [0.717, 1.165) is 10.9 Å². The summed E-state index contributed by atoms with van der Waals surface area (Å²) in [4.78, 5) is 14.0. The minimum Gasteiger partial charge on any atom is -0.480 e. The number of halogens is 1. The average molecular weight is 234 g/mol. The number of hydrogen-bond acceptors (Lipinski definition) is 2. The standard InChI is InChI=1S/C12H11FN2O2/c13-8-3-1-2-6-7-4-5-14-11(12(16)17)10(7)15-9(6)8/h1-3,11,14-15H,4-5H2,(H,16,17). The molecular weight excluding hydrogens is 223 g/mol. The van der Waals surface area contributed by atoms with Crippen LogP contribution < -0.4 is 5.32 Å². The summed E-state index contributed by atoms with van der Waals surface area (Å²) in [7, 11) is 0. The summed E-state index contributed by atoms with van der Waals surface area (Å²) in [6, 6.07) is 4.06. The van der Waals surface area contributed by atoms with E-state index in [1.807, 2.05) is 6.07 Å². The molecule has 1 atom stereocenters. The van der Waals surface area contributed by atoms with Crippen molar-refractivity contribution in [3.63, 3.8) is 0 Å². The zero-order valence-electron chi connectivity index (χ0n) is 8.96. The third-order valence-electron chi connectivity index (χ3n) is 3.18. The predicted octanol–water partition coefficient (Wildman–Crippen LogP) is 1.58. The molecule has 4 nitrogen and oxygen atoms in total. The highest BCUT2D eigenvalue weighted by molar-refractivity contribution is 5.88. The Hall–Kier alpha value is -1.88.